The van der Waals surface area contributed by atoms with Crippen LogP contribution in [0.25, 0.3) is 0 Å². The van der Waals surface area contributed by atoms with Crippen molar-refractivity contribution in [3.8, 4) is 0 Å². The van der Waals surface area contributed by atoms with E-state index in [0.29, 0.717) is 57.2 Å². The third-order valence-corrected chi connectivity index (χ3v) is 4.72. The minimum atomic E-state index is -0.478. The summed E-state index contributed by atoms with van der Waals surface area (Å²) in [4.78, 5) is 26.9. The van der Waals surface area contributed by atoms with Gasteiger partial charge in [-0.25, -0.2) is 9.97 Å². The first-order chi connectivity index (χ1) is 12.7. The molecule has 2 aliphatic rings. The molecule has 2 aliphatic heterocycles. The highest BCUT2D eigenvalue weighted by Crippen LogP contribution is 2.31. The molecule has 2 aromatic rings. The highest BCUT2D eigenvalue weighted by atomic mass is 16.7. The fraction of sp³-hybridized carbons (Fsp3) is 0.444. The summed E-state index contributed by atoms with van der Waals surface area (Å²) in [6.07, 6.45) is 8.01. The van der Waals surface area contributed by atoms with Gasteiger partial charge in [0.05, 0.1) is 18.8 Å². The summed E-state index contributed by atoms with van der Waals surface area (Å²) in [7, 11) is 0. The van der Waals surface area contributed by atoms with E-state index >= 15 is 0 Å². The molecule has 8 heteroatoms. The maximum atomic E-state index is 12.6. The maximum absolute atomic E-state index is 12.6. The molecule has 1 spiro atoms. The second kappa shape index (κ2) is 7.35. The van der Waals surface area contributed by atoms with E-state index in [0.717, 1.165) is 5.56 Å². The number of likely N-dealkylation sites (tertiary alicyclic amines) is 1. The van der Waals surface area contributed by atoms with Gasteiger partial charge in [-0.2, -0.15) is 0 Å². The molecule has 0 atom stereocenters. The summed E-state index contributed by atoms with van der Waals surface area (Å²) >= 11 is 0. The van der Waals surface area contributed by atoms with Gasteiger partial charge < -0.3 is 19.7 Å². The Bertz CT molecular complexity index is 737. The van der Waals surface area contributed by atoms with Crippen LogP contribution in [0.5, 0.6) is 0 Å². The Balaban J connectivity index is 1.32. The number of aromatic nitrogens is 3. The number of piperidine rings is 1. The molecule has 0 saturated carbocycles. The van der Waals surface area contributed by atoms with E-state index in [4.69, 9.17) is 9.47 Å². The maximum Gasteiger partial charge on any atom is 0.256 e. The van der Waals surface area contributed by atoms with Crippen molar-refractivity contribution < 1.29 is 14.3 Å². The molecule has 0 radical (unpaired) electrons. The zero-order chi connectivity index (χ0) is 17.8. The number of pyridine rings is 1. The van der Waals surface area contributed by atoms with Gasteiger partial charge >= 0.3 is 0 Å². The number of rotatable bonds is 4. The summed E-state index contributed by atoms with van der Waals surface area (Å²) in [6.45, 7) is 3.09. The van der Waals surface area contributed by atoms with E-state index in [2.05, 4.69) is 20.3 Å². The molecule has 1 N–H and O–H groups in total. The zero-order valence-corrected chi connectivity index (χ0v) is 14.4. The zero-order valence-electron chi connectivity index (χ0n) is 14.4. The Morgan fingerprint density at radius 2 is 1.77 bits per heavy atom. The van der Waals surface area contributed by atoms with Crippen LogP contribution < -0.4 is 5.32 Å². The van der Waals surface area contributed by atoms with Crippen molar-refractivity contribution in [2.45, 2.75) is 25.2 Å². The van der Waals surface area contributed by atoms with Gasteiger partial charge in [0.25, 0.3) is 5.91 Å². The quantitative estimate of drug-likeness (QED) is 0.888. The van der Waals surface area contributed by atoms with E-state index in [1.165, 1.54) is 0 Å². The molecule has 4 rings (SSSR count). The van der Waals surface area contributed by atoms with Gasteiger partial charge in [0.1, 0.15) is 0 Å². The summed E-state index contributed by atoms with van der Waals surface area (Å²) in [5, 5.41) is 3.13. The molecule has 0 bridgehead atoms. The van der Waals surface area contributed by atoms with E-state index in [1.54, 1.807) is 29.7 Å². The van der Waals surface area contributed by atoms with Gasteiger partial charge in [0.2, 0.25) is 5.95 Å². The van der Waals surface area contributed by atoms with Crippen molar-refractivity contribution in [1.29, 1.82) is 0 Å². The lowest BCUT2D eigenvalue weighted by Crippen LogP contribution is -2.47. The molecule has 1 amide bonds. The smallest absolute Gasteiger partial charge is 0.256 e. The van der Waals surface area contributed by atoms with Crippen LogP contribution >= 0.6 is 0 Å². The minimum Gasteiger partial charge on any atom is -0.350 e. The van der Waals surface area contributed by atoms with Gasteiger partial charge in [-0.05, 0) is 17.7 Å². The van der Waals surface area contributed by atoms with Crippen molar-refractivity contribution >= 4 is 11.9 Å². The standard InChI is InChI=1S/C18H21N5O3/c24-16(23-7-3-18(4-8-23)25-9-10-26-18)15-12-21-17(22-13-15)20-11-14-1-5-19-6-2-14/h1-2,5-6,12-13H,3-4,7-11H2,(H,20,21,22). The van der Waals surface area contributed by atoms with E-state index in [-0.39, 0.29) is 5.91 Å². The van der Waals surface area contributed by atoms with Crippen LogP contribution in [0.15, 0.2) is 36.9 Å². The van der Waals surface area contributed by atoms with E-state index in [1.807, 2.05) is 12.1 Å². The molecular weight excluding hydrogens is 334 g/mol. The number of anilines is 1. The first kappa shape index (κ1) is 16.9. The van der Waals surface area contributed by atoms with Crippen LogP contribution in [0, 0.1) is 0 Å². The van der Waals surface area contributed by atoms with Crippen LogP contribution in [0.2, 0.25) is 0 Å². The topological polar surface area (TPSA) is 89.5 Å². The van der Waals surface area contributed by atoms with Crippen LogP contribution in [0.1, 0.15) is 28.8 Å². The van der Waals surface area contributed by atoms with E-state index < -0.39 is 5.79 Å². The molecule has 0 unspecified atom stereocenters. The van der Waals surface area contributed by atoms with Crippen LogP contribution in [0.3, 0.4) is 0 Å². The summed E-state index contributed by atoms with van der Waals surface area (Å²) < 4.78 is 11.4. The van der Waals surface area contributed by atoms with Crippen molar-refractivity contribution in [3.63, 3.8) is 0 Å². The molecule has 0 aromatic carbocycles. The molecular formula is C18H21N5O3. The molecule has 2 fully saturated rings. The van der Waals surface area contributed by atoms with Gasteiger partial charge in [0.15, 0.2) is 5.79 Å². The van der Waals surface area contributed by atoms with Gasteiger partial charge in [-0.1, -0.05) is 0 Å². The molecule has 8 nitrogen and oxygen atoms in total. The van der Waals surface area contributed by atoms with Crippen molar-refractivity contribution in [3.05, 3.63) is 48.0 Å². The first-order valence-electron chi connectivity index (χ1n) is 8.76. The molecule has 136 valence electrons. The van der Waals surface area contributed by atoms with E-state index in [9.17, 15) is 4.79 Å². The Kier molecular flexibility index (Phi) is 4.77. The average Bonchev–Trinajstić information content (AvgIpc) is 3.16. The average molecular weight is 355 g/mol. The normalized spacial score (nSPS) is 18.8. The number of amides is 1. The lowest BCUT2D eigenvalue weighted by Gasteiger charge is -2.37. The predicted molar refractivity (Wildman–Crippen MR) is 93.4 cm³/mol. The SMILES string of the molecule is O=C(c1cnc(NCc2ccncc2)nc1)N1CCC2(CC1)OCCO2. The monoisotopic (exact) mass is 355 g/mol. The summed E-state index contributed by atoms with van der Waals surface area (Å²) in [5.74, 6) is -0.0455. The fourth-order valence-electron chi connectivity index (χ4n) is 3.23. The van der Waals surface area contributed by atoms with Crippen LogP contribution in [-0.2, 0) is 16.0 Å². The molecule has 2 saturated heterocycles. The van der Waals surface area contributed by atoms with Gasteiger partial charge in [-0.15, -0.1) is 0 Å². The minimum absolute atomic E-state index is 0.0569. The highest BCUT2D eigenvalue weighted by molar-refractivity contribution is 5.93. The number of nitrogens with zero attached hydrogens (tertiary/aromatic N) is 4. The number of hydrogen-bond donors (Lipinski definition) is 1. The first-order valence-corrected chi connectivity index (χ1v) is 8.76. The van der Waals surface area contributed by atoms with Crippen LogP contribution in [-0.4, -0.2) is 57.8 Å². The fourth-order valence-corrected chi connectivity index (χ4v) is 3.23. The van der Waals surface area contributed by atoms with Crippen molar-refractivity contribution in [1.82, 2.24) is 19.9 Å². The predicted octanol–water partition coefficient (Wildman–Crippen LogP) is 1.46. The molecule has 2 aromatic heterocycles. The van der Waals surface area contributed by atoms with Gasteiger partial charge in [-0.3, -0.25) is 9.78 Å². The Labute approximate surface area is 151 Å². The summed E-state index contributed by atoms with van der Waals surface area (Å²) in [6, 6.07) is 3.84. The third kappa shape index (κ3) is 3.66. The second-order valence-electron chi connectivity index (χ2n) is 6.40. The second-order valence-corrected chi connectivity index (χ2v) is 6.40. The molecule has 0 aliphatic carbocycles. The Morgan fingerprint density at radius 1 is 1.12 bits per heavy atom. The molecule has 26 heavy (non-hydrogen) atoms. The number of nitrogens with one attached hydrogen (secondary N) is 1. The van der Waals surface area contributed by atoms with Crippen molar-refractivity contribution in [2.24, 2.45) is 0 Å². The molecule has 4 heterocycles. The summed E-state index contributed by atoms with van der Waals surface area (Å²) in [5.41, 5.74) is 1.58. The Morgan fingerprint density at radius 3 is 2.42 bits per heavy atom. The lowest BCUT2D eigenvalue weighted by atomic mass is 10.0. The third-order valence-electron chi connectivity index (χ3n) is 4.72. The van der Waals surface area contributed by atoms with Crippen molar-refractivity contribution in [2.75, 3.05) is 31.6 Å². The number of hydrogen-bond acceptors (Lipinski definition) is 7. The number of carbonyl (C=O) groups excluding carboxylic acids is 1. The Hall–Kier alpha value is -2.58. The number of carbonyl (C=O) groups is 1. The lowest BCUT2D eigenvalue weighted by molar-refractivity contribution is -0.181. The van der Waals surface area contributed by atoms with Gasteiger partial charge in [0, 0.05) is 57.3 Å². The highest BCUT2D eigenvalue weighted by Gasteiger charge is 2.40. The van der Waals surface area contributed by atoms with Crippen LogP contribution in [0.4, 0.5) is 5.95 Å². The largest absolute Gasteiger partial charge is 0.350 e. The number of ether oxygens (including phenoxy) is 2.